The molecule has 0 rings (SSSR count). The number of Topliss-reactive ketones (excluding diaryl/α,β-unsaturated/α-hetero) is 2. The number of unbranched alkanes of at least 4 members (excludes halogenated alkanes) is 28. The molecule has 0 aliphatic rings. The first-order valence-electron chi connectivity index (χ1n) is 21.0. The van der Waals surface area contributed by atoms with Crippen molar-refractivity contribution >= 4 is 11.6 Å². The van der Waals surface area contributed by atoms with Crippen LogP contribution in [0.5, 0.6) is 0 Å². The van der Waals surface area contributed by atoms with E-state index >= 15 is 0 Å². The first-order chi connectivity index (χ1) is 22.7. The molecule has 0 aliphatic carbocycles. The van der Waals surface area contributed by atoms with E-state index in [9.17, 15) is 19.8 Å². The lowest BCUT2D eigenvalue weighted by molar-refractivity contribution is -0.874. The summed E-state index contributed by atoms with van der Waals surface area (Å²) in [6.07, 6.45) is 38.0. The first-order valence-corrected chi connectivity index (χ1v) is 21.0. The van der Waals surface area contributed by atoms with Crippen molar-refractivity contribution in [2.75, 3.05) is 27.2 Å². The molecule has 0 spiro atoms. The summed E-state index contributed by atoms with van der Waals surface area (Å²) >= 11 is 0. The molecule has 0 bridgehead atoms. The molecule has 0 fully saturated rings. The molecule has 5 nitrogen and oxygen atoms in total. The number of hydrogen-bond acceptors (Lipinski definition) is 4. The number of carbonyl (C=O) groups excluding carboxylic acids is 2. The first kappa shape index (κ1) is 46.2. The van der Waals surface area contributed by atoms with Crippen molar-refractivity contribution in [2.45, 2.75) is 232 Å². The van der Waals surface area contributed by atoms with Gasteiger partial charge in [-0.25, -0.2) is 0 Å². The van der Waals surface area contributed by atoms with Gasteiger partial charge >= 0.3 is 0 Å². The minimum atomic E-state index is -0.949. The van der Waals surface area contributed by atoms with Gasteiger partial charge in [0.25, 0.3) is 0 Å². The fourth-order valence-electron chi connectivity index (χ4n) is 6.85. The van der Waals surface area contributed by atoms with Gasteiger partial charge < -0.3 is 14.7 Å². The summed E-state index contributed by atoms with van der Waals surface area (Å²) in [5.74, 6) is -0.380. The Morgan fingerprint density at radius 1 is 0.383 bits per heavy atom. The highest BCUT2D eigenvalue weighted by molar-refractivity contribution is 5.86. The summed E-state index contributed by atoms with van der Waals surface area (Å²) in [6, 6.07) is 0. The van der Waals surface area contributed by atoms with Gasteiger partial charge in [0, 0.05) is 0 Å². The predicted molar refractivity (Wildman–Crippen MR) is 203 cm³/mol. The fraction of sp³-hybridized carbons (Fsp3) is 0.952. The summed E-state index contributed by atoms with van der Waals surface area (Å²) in [6.45, 7) is 4.79. The van der Waals surface area contributed by atoms with Gasteiger partial charge in [0.1, 0.15) is 25.3 Å². The van der Waals surface area contributed by atoms with E-state index in [0.29, 0.717) is 12.8 Å². The second-order valence-corrected chi connectivity index (χ2v) is 15.7. The van der Waals surface area contributed by atoms with Crippen molar-refractivity contribution in [3.8, 4) is 0 Å². The van der Waals surface area contributed by atoms with Crippen LogP contribution < -0.4 is 0 Å². The lowest BCUT2D eigenvalue weighted by Crippen LogP contribution is -2.51. The van der Waals surface area contributed by atoms with Crippen LogP contribution in [0.1, 0.15) is 219 Å². The second kappa shape index (κ2) is 33.7. The Kier molecular flexibility index (Phi) is 33.1. The number of rotatable bonds is 38. The molecule has 2 unspecified atom stereocenters. The van der Waals surface area contributed by atoms with E-state index in [2.05, 4.69) is 13.8 Å². The largest absolute Gasteiger partial charge is 0.385 e. The molecular formula is C42H84NO4+. The molecule has 280 valence electrons. The van der Waals surface area contributed by atoms with Crippen LogP contribution >= 0.6 is 0 Å². The van der Waals surface area contributed by atoms with E-state index in [1.165, 1.54) is 167 Å². The summed E-state index contributed by atoms with van der Waals surface area (Å²) in [5, 5.41) is 20.9. The second-order valence-electron chi connectivity index (χ2n) is 15.7. The summed E-state index contributed by atoms with van der Waals surface area (Å²) in [5.41, 5.74) is 0. The van der Waals surface area contributed by atoms with E-state index in [4.69, 9.17) is 0 Å². The number of ketones is 2. The van der Waals surface area contributed by atoms with Gasteiger partial charge in [-0.2, -0.15) is 0 Å². The maximum atomic E-state index is 12.7. The molecule has 0 amide bonds. The number of aliphatic hydroxyl groups excluding tert-OH is 2. The van der Waals surface area contributed by atoms with Crippen molar-refractivity contribution in [2.24, 2.45) is 0 Å². The monoisotopic (exact) mass is 667 g/mol. The van der Waals surface area contributed by atoms with Crippen LogP contribution in [-0.2, 0) is 9.59 Å². The van der Waals surface area contributed by atoms with Crippen molar-refractivity contribution < 1.29 is 24.3 Å². The minimum Gasteiger partial charge on any atom is -0.385 e. The van der Waals surface area contributed by atoms with E-state index in [0.717, 1.165) is 25.7 Å². The van der Waals surface area contributed by atoms with Crippen LogP contribution in [0.3, 0.4) is 0 Å². The van der Waals surface area contributed by atoms with Crippen LogP contribution in [0.25, 0.3) is 0 Å². The van der Waals surface area contributed by atoms with E-state index < -0.39 is 12.2 Å². The highest BCUT2D eigenvalue weighted by Gasteiger charge is 2.29. The number of nitrogens with zero attached hydrogens (tertiary/aromatic N) is 1. The zero-order valence-corrected chi connectivity index (χ0v) is 32.4. The lowest BCUT2D eigenvalue weighted by atomic mass is 10.0. The highest BCUT2D eigenvalue weighted by atomic mass is 16.3. The van der Waals surface area contributed by atoms with Crippen LogP contribution in [0, 0.1) is 0 Å². The zero-order valence-electron chi connectivity index (χ0n) is 32.4. The molecular weight excluding hydrogens is 582 g/mol. The van der Waals surface area contributed by atoms with Crippen molar-refractivity contribution in [3.05, 3.63) is 0 Å². The molecule has 0 aromatic rings. The predicted octanol–water partition coefficient (Wildman–Crippen LogP) is 11.4. The normalized spacial score (nSPS) is 13.2. The quantitative estimate of drug-likeness (QED) is 0.0508. The molecule has 2 atom stereocenters. The smallest absolute Gasteiger partial charge is 0.215 e. The minimum absolute atomic E-state index is 0.122. The molecule has 0 radical (unpaired) electrons. The van der Waals surface area contributed by atoms with Gasteiger partial charge in [0.2, 0.25) is 11.6 Å². The number of hydrogen-bond donors (Lipinski definition) is 2. The van der Waals surface area contributed by atoms with Gasteiger partial charge in [-0.1, -0.05) is 206 Å². The third kappa shape index (κ3) is 32.2. The molecule has 0 saturated carbocycles. The Morgan fingerprint density at radius 2 is 0.574 bits per heavy atom. The average Bonchev–Trinajstić information content (AvgIpc) is 3.03. The third-order valence-electron chi connectivity index (χ3n) is 10.1. The van der Waals surface area contributed by atoms with Crippen LogP contribution in [0.15, 0.2) is 0 Å². The van der Waals surface area contributed by atoms with Crippen molar-refractivity contribution in [3.63, 3.8) is 0 Å². The van der Waals surface area contributed by atoms with Gasteiger partial charge in [0.15, 0.2) is 0 Å². The third-order valence-corrected chi connectivity index (χ3v) is 10.1. The number of aliphatic hydroxyl groups is 2. The van der Waals surface area contributed by atoms with E-state index in [-0.39, 0.29) is 29.1 Å². The maximum Gasteiger partial charge on any atom is 0.215 e. The molecule has 0 aromatic heterocycles. The number of carbonyl (C=O) groups is 2. The fourth-order valence-corrected chi connectivity index (χ4v) is 6.85. The molecule has 47 heavy (non-hydrogen) atoms. The highest BCUT2D eigenvalue weighted by Crippen LogP contribution is 2.16. The molecule has 0 aliphatic heterocycles. The van der Waals surface area contributed by atoms with Gasteiger partial charge in [-0.3, -0.25) is 9.59 Å². The molecule has 0 heterocycles. The van der Waals surface area contributed by atoms with E-state index in [1.807, 2.05) is 14.1 Å². The summed E-state index contributed by atoms with van der Waals surface area (Å²) in [4.78, 5) is 25.4. The molecule has 0 aromatic carbocycles. The van der Waals surface area contributed by atoms with Crippen LogP contribution in [0.4, 0.5) is 0 Å². The lowest BCUT2D eigenvalue weighted by Gasteiger charge is -2.29. The summed E-state index contributed by atoms with van der Waals surface area (Å²) < 4.78 is 0.184. The number of likely N-dealkylation sites (N-methyl/N-ethyl adjacent to an activating group) is 1. The average molecular weight is 667 g/mol. The SMILES string of the molecule is CCCCCCCCCCCCCCCCCC(O)C(=O)C[N+](C)(C)CC(=O)C(O)CCCCCCCCCCCCCCCCC. The topological polar surface area (TPSA) is 74.6 Å². The summed E-state index contributed by atoms with van der Waals surface area (Å²) in [7, 11) is 3.69. The molecule has 5 heteroatoms. The number of quaternary nitrogens is 1. The van der Waals surface area contributed by atoms with Gasteiger partial charge in [-0.15, -0.1) is 0 Å². The molecule has 2 N–H and O–H groups in total. The zero-order chi connectivity index (χ0) is 34.9. The Hall–Kier alpha value is -0.780. The standard InChI is InChI=1S/C42H84NO4/c1-5-7-9-11-13-15-17-19-21-23-25-27-29-31-33-35-39(44)41(46)37-43(3,4)38-42(47)40(45)36-34-32-30-28-26-24-22-20-18-16-14-12-10-8-6-2/h39-40,44-45H,5-38H2,1-4H3/q+1. The molecule has 0 saturated heterocycles. The van der Waals surface area contributed by atoms with Gasteiger partial charge in [0.05, 0.1) is 14.1 Å². The Balaban J connectivity index is 3.75. The van der Waals surface area contributed by atoms with Crippen molar-refractivity contribution in [1.82, 2.24) is 0 Å². The maximum absolute atomic E-state index is 12.7. The van der Waals surface area contributed by atoms with Crippen LogP contribution in [0.2, 0.25) is 0 Å². The van der Waals surface area contributed by atoms with Crippen molar-refractivity contribution in [1.29, 1.82) is 0 Å². The Bertz CT molecular complexity index is 638. The Labute approximate surface area is 294 Å². The Morgan fingerprint density at radius 3 is 0.787 bits per heavy atom. The van der Waals surface area contributed by atoms with Crippen LogP contribution in [-0.4, -0.2) is 65.7 Å². The van der Waals surface area contributed by atoms with E-state index in [1.54, 1.807) is 0 Å². The van der Waals surface area contributed by atoms with Gasteiger partial charge in [-0.05, 0) is 12.8 Å².